The largest absolute Gasteiger partial charge is 0.396 e. The van der Waals surface area contributed by atoms with Crippen LogP contribution in [0.25, 0.3) is 11.1 Å². The molecule has 4 nitrogen and oxygen atoms in total. The van der Waals surface area contributed by atoms with Gasteiger partial charge in [0.1, 0.15) is 0 Å². The summed E-state index contributed by atoms with van der Waals surface area (Å²) in [6, 6.07) is 15.6. The highest BCUT2D eigenvalue weighted by Crippen LogP contribution is 2.38. The van der Waals surface area contributed by atoms with Crippen LogP contribution in [-0.2, 0) is 15.9 Å². The molecule has 0 amide bonds. The summed E-state index contributed by atoms with van der Waals surface area (Å²) in [6.07, 6.45) is 10.7. The molecule has 2 atom stereocenters. The van der Waals surface area contributed by atoms with E-state index in [1.807, 2.05) is 0 Å². The topological polar surface area (TPSA) is 58.9 Å². The van der Waals surface area contributed by atoms with Crippen molar-refractivity contribution in [2.75, 3.05) is 26.9 Å². The van der Waals surface area contributed by atoms with Crippen LogP contribution in [0.15, 0.2) is 54.6 Å². The zero-order valence-corrected chi connectivity index (χ0v) is 23.3. The molecule has 1 fully saturated rings. The molecule has 3 rings (SSSR count). The third-order valence-electron chi connectivity index (χ3n) is 8.09. The first-order chi connectivity index (χ1) is 18.0. The Morgan fingerprint density at radius 3 is 2.38 bits per heavy atom. The molecule has 37 heavy (non-hydrogen) atoms. The van der Waals surface area contributed by atoms with Gasteiger partial charge in [-0.15, -0.1) is 0 Å². The molecule has 0 aromatic heterocycles. The second-order valence-corrected chi connectivity index (χ2v) is 10.8. The van der Waals surface area contributed by atoms with Crippen molar-refractivity contribution >= 4 is 0 Å². The van der Waals surface area contributed by atoms with Gasteiger partial charge >= 0.3 is 0 Å². The zero-order chi connectivity index (χ0) is 26.6. The van der Waals surface area contributed by atoms with Crippen LogP contribution in [0.5, 0.6) is 0 Å². The van der Waals surface area contributed by atoms with Gasteiger partial charge in [0.05, 0.1) is 19.8 Å². The van der Waals surface area contributed by atoms with Gasteiger partial charge in [0.2, 0.25) is 0 Å². The number of aliphatic hydroxyl groups is 2. The van der Waals surface area contributed by atoms with Crippen molar-refractivity contribution in [3.8, 4) is 11.1 Å². The molecule has 1 aliphatic carbocycles. The summed E-state index contributed by atoms with van der Waals surface area (Å²) in [5.41, 5.74) is 6.69. The predicted octanol–water partition coefficient (Wildman–Crippen LogP) is 7.38. The first-order valence-corrected chi connectivity index (χ1v) is 14.3. The maximum Gasteiger partial charge on any atom is 0.179 e. The minimum atomic E-state index is -1.10. The normalized spacial score (nSPS) is 19.5. The quantitative estimate of drug-likeness (QED) is 0.150. The summed E-state index contributed by atoms with van der Waals surface area (Å²) >= 11 is 0. The highest BCUT2D eigenvalue weighted by Gasteiger charge is 2.22. The Labute approximate surface area is 224 Å². The molecular formula is C33H48O4. The molecule has 0 heterocycles. The lowest BCUT2D eigenvalue weighted by Crippen LogP contribution is -2.22. The van der Waals surface area contributed by atoms with E-state index in [9.17, 15) is 10.2 Å². The van der Waals surface area contributed by atoms with E-state index < -0.39 is 6.29 Å². The van der Waals surface area contributed by atoms with Gasteiger partial charge in [-0.05, 0) is 71.8 Å². The molecular weight excluding hydrogens is 460 g/mol. The average molecular weight is 509 g/mol. The van der Waals surface area contributed by atoms with Gasteiger partial charge in [-0.2, -0.15) is 0 Å². The van der Waals surface area contributed by atoms with Crippen molar-refractivity contribution in [2.24, 2.45) is 5.92 Å². The molecule has 0 spiro atoms. The Morgan fingerprint density at radius 2 is 1.76 bits per heavy atom. The number of benzene rings is 2. The van der Waals surface area contributed by atoms with Gasteiger partial charge in [0.25, 0.3) is 0 Å². The van der Waals surface area contributed by atoms with Crippen molar-refractivity contribution in [3.05, 3.63) is 71.3 Å². The number of hydrogen-bond acceptors (Lipinski definition) is 4. The van der Waals surface area contributed by atoms with E-state index in [1.165, 1.54) is 73.6 Å². The van der Waals surface area contributed by atoms with Crippen LogP contribution in [0.4, 0.5) is 0 Å². The van der Waals surface area contributed by atoms with Gasteiger partial charge in [-0.3, -0.25) is 0 Å². The molecule has 2 aromatic carbocycles. The third-order valence-corrected chi connectivity index (χ3v) is 8.09. The highest BCUT2D eigenvalue weighted by molar-refractivity contribution is 5.68. The van der Waals surface area contributed by atoms with Crippen LogP contribution in [-0.4, -0.2) is 43.4 Å². The Hall–Kier alpha value is -1.98. The number of methoxy groups -OCH3 is 1. The standard InChI is InChI=1S/C33H48O4/c1-5-7-8-9-25-10-12-27(13-11-25)28-14-16-29(17-15-28)32-19-18-30(20-26(32)6-2)31(21-34)23-37-33(35)24(3)22-36-4/h14-20,25,27,31,33-35H,3,5-13,21-23H2,1-2,4H3. The van der Waals surface area contributed by atoms with Crippen LogP contribution in [0.1, 0.15) is 93.7 Å². The highest BCUT2D eigenvalue weighted by atomic mass is 16.6. The Balaban J connectivity index is 1.63. The smallest absolute Gasteiger partial charge is 0.179 e. The number of rotatable bonds is 15. The molecule has 4 heteroatoms. The van der Waals surface area contributed by atoms with Gasteiger partial charge in [-0.1, -0.05) is 88.6 Å². The van der Waals surface area contributed by atoms with Crippen molar-refractivity contribution in [3.63, 3.8) is 0 Å². The van der Waals surface area contributed by atoms with Crippen LogP contribution in [0, 0.1) is 5.92 Å². The maximum absolute atomic E-state index is 10.1. The van der Waals surface area contributed by atoms with E-state index in [1.54, 1.807) is 7.11 Å². The molecule has 0 saturated heterocycles. The maximum atomic E-state index is 10.1. The number of hydrogen-bond donors (Lipinski definition) is 2. The fourth-order valence-electron chi connectivity index (χ4n) is 5.68. The third kappa shape index (κ3) is 8.51. The molecule has 2 unspecified atom stereocenters. The number of ether oxygens (including phenoxy) is 2. The SMILES string of the molecule is C=C(COC)C(O)OCC(CO)c1ccc(-c2ccc(C3CCC(CCCCC)CC3)cc2)c(CC)c1. The van der Waals surface area contributed by atoms with Crippen molar-refractivity contribution < 1.29 is 19.7 Å². The Morgan fingerprint density at radius 1 is 1.03 bits per heavy atom. The fraction of sp³-hybridized carbons (Fsp3) is 0.576. The summed E-state index contributed by atoms with van der Waals surface area (Å²) in [5, 5.41) is 20.1. The number of unbranched alkanes of at least 4 members (excludes halogenated alkanes) is 2. The van der Waals surface area contributed by atoms with Crippen LogP contribution >= 0.6 is 0 Å². The molecule has 0 radical (unpaired) electrons. The Bertz CT molecular complexity index is 943. The van der Waals surface area contributed by atoms with Gasteiger partial charge in [0.15, 0.2) is 6.29 Å². The van der Waals surface area contributed by atoms with E-state index in [0.29, 0.717) is 11.5 Å². The second kappa shape index (κ2) is 15.4. The first-order valence-electron chi connectivity index (χ1n) is 14.3. The van der Waals surface area contributed by atoms with E-state index in [2.05, 4.69) is 62.9 Å². The number of aliphatic hydroxyl groups excluding tert-OH is 2. The van der Waals surface area contributed by atoms with Crippen LogP contribution in [0.2, 0.25) is 0 Å². The summed E-state index contributed by atoms with van der Waals surface area (Å²) in [5.74, 6) is 1.42. The molecule has 2 aromatic rings. The first kappa shape index (κ1) is 29.6. The van der Waals surface area contributed by atoms with E-state index in [-0.39, 0.29) is 25.7 Å². The minimum Gasteiger partial charge on any atom is -0.396 e. The fourth-order valence-corrected chi connectivity index (χ4v) is 5.68. The van der Waals surface area contributed by atoms with Gasteiger partial charge in [0, 0.05) is 18.6 Å². The number of aryl methyl sites for hydroxylation is 1. The molecule has 1 aliphatic rings. The lowest BCUT2D eigenvalue weighted by Gasteiger charge is -2.29. The average Bonchev–Trinajstić information content (AvgIpc) is 2.94. The molecule has 0 aliphatic heterocycles. The van der Waals surface area contributed by atoms with Gasteiger partial charge < -0.3 is 19.7 Å². The van der Waals surface area contributed by atoms with Crippen molar-refractivity contribution in [2.45, 2.75) is 89.8 Å². The summed E-state index contributed by atoms with van der Waals surface area (Å²) in [4.78, 5) is 0. The van der Waals surface area contributed by atoms with Crippen molar-refractivity contribution in [1.29, 1.82) is 0 Å². The lowest BCUT2D eigenvalue weighted by atomic mass is 9.77. The van der Waals surface area contributed by atoms with Gasteiger partial charge in [-0.25, -0.2) is 0 Å². The lowest BCUT2D eigenvalue weighted by molar-refractivity contribution is -0.0850. The monoisotopic (exact) mass is 508 g/mol. The predicted molar refractivity (Wildman–Crippen MR) is 153 cm³/mol. The molecule has 2 N–H and O–H groups in total. The minimum absolute atomic E-state index is 0.0540. The summed E-state index contributed by atoms with van der Waals surface area (Å²) in [6.45, 7) is 8.62. The summed E-state index contributed by atoms with van der Waals surface area (Å²) < 4.78 is 10.6. The second-order valence-electron chi connectivity index (χ2n) is 10.8. The van der Waals surface area contributed by atoms with E-state index >= 15 is 0 Å². The Kier molecular flexibility index (Phi) is 12.3. The van der Waals surface area contributed by atoms with E-state index in [4.69, 9.17) is 9.47 Å². The van der Waals surface area contributed by atoms with E-state index in [0.717, 1.165) is 17.9 Å². The molecule has 1 saturated carbocycles. The van der Waals surface area contributed by atoms with Crippen LogP contribution in [0.3, 0.4) is 0 Å². The van der Waals surface area contributed by atoms with Crippen LogP contribution < -0.4 is 0 Å². The summed E-state index contributed by atoms with van der Waals surface area (Å²) in [7, 11) is 1.55. The molecule has 204 valence electrons. The zero-order valence-electron chi connectivity index (χ0n) is 23.3. The van der Waals surface area contributed by atoms with Crippen molar-refractivity contribution in [1.82, 2.24) is 0 Å². The molecule has 0 bridgehead atoms.